The van der Waals surface area contributed by atoms with Gasteiger partial charge >= 0.3 is 0 Å². The van der Waals surface area contributed by atoms with E-state index in [9.17, 15) is 23.1 Å². The second-order valence-electron chi connectivity index (χ2n) is 10.4. The molecule has 1 aliphatic heterocycles. The predicted octanol–water partition coefficient (Wildman–Crippen LogP) is 2.19. The Bertz CT molecular complexity index is 1430. The zero-order chi connectivity index (χ0) is 28.9. The van der Waals surface area contributed by atoms with E-state index in [-0.39, 0.29) is 47.9 Å². The molecule has 3 aromatic carbocycles. The van der Waals surface area contributed by atoms with Crippen molar-refractivity contribution in [3.05, 3.63) is 80.6 Å². The van der Waals surface area contributed by atoms with Gasteiger partial charge in [0.15, 0.2) is 5.75 Å². The topological polar surface area (TPSA) is 131 Å². The van der Waals surface area contributed by atoms with Crippen LogP contribution >= 0.6 is 0 Å². The van der Waals surface area contributed by atoms with E-state index in [0.29, 0.717) is 25.4 Å². The van der Waals surface area contributed by atoms with Gasteiger partial charge in [0.25, 0.3) is 10.9 Å². The number of hydrogen-bond donors (Lipinski definition) is 2. The minimum atomic E-state index is -3.97. The highest BCUT2D eigenvalue weighted by molar-refractivity contribution is 7.89. The zero-order valence-electron chi connectivity index (χ0n) is 22.9. The molecule has 216 valence electrons. The molecule has 1 fully saturated rings. The molecule has 0 aliphatic carbocycles. The summed E-state index contributed by atoms with van der Waals surface area (Å²) in [5.41, 5.74) is -0.613. The summed E-state index contributed by atoms with van der Waals surface area (Å²) >= 11 is 0. The van der Waals surface area contributed by atoms with Crippen molar-refractivity contribution in [1.82, 2.24) is 4.31 Å². The molecule has 1 aliphatic rings. The van der Waals surface area contributed by atoms with Crippen LogP contribution in [-0.4, -0.2) is 69.5 Å². The van der Waals surface area contributed by atoms with Crippen LogP contribution in [0.2, 0.25) is 0 Å². The van der Waals surface area contributed by atoms with Gasteiger partial charge in [0.1, 0.15) is 17.5 Å². The second-order valence-corrected chi connectivity index (χ2v) is 12.3. The van der Waals surface area contributed by atoms with Gasteiger partial charge in [-0.3, -0.25) is 9.59 Å². The van der Waals surface area contributed by atoms with Gasteiger partial charge in [-0.05, 0) is 42.2 Å². The quantitative estimate of drug-likeness (QED) is 0.279. The van der Waals surface area contributed by atoms with Crippen LogP contribution in [0.5, 0.6) is 11.5 Å². The summed E-state index contributed by atoms with van der Waals surface area (Å²) in [5.74, 6) is 0.426. The fourth-order valence-corrected chi connectivity index (χ4v) is 6.26. The van der Waals surface area contributed by atoms with Crippen molar-refractivity contribution in [3.63, 3.8) is 0 Å². The summed E-state index contributed by atoms with van der Waals surface area (Å²) in [6.07, 6.45) is -0.705. The third-order valence-electron chi connectivity index (χ3n) is 6.79. The Hall–Kier alpha value is -3.25. The lowest BCUT2D eigenvalue weighted by Crippen LogP contribution is -2.49. The van der Waals surface area contributed by atoms with E-state index in [1.807, 2.05) is 44.2 Å². The first kappa shape index (κ1) is 29.7. The van der Waals surface area contributed by atoms with E-state index in [0.717, 1.165) is 5.56 Å². The number of methoxy groups -OCH3 is 1. The SMILES string of the molecule is COc1ccc(S(=O)(=O)N(CC(C)C)C[C@@H](O)[C@H](Cc2ccccc2)Nc2c(O[C@H]3CCOC3)c(=O)c2=O)cc1. The number of anilines is 1. The summed E-state index contributed by atoms with van der Waals surface area (Å²) in [4.78, 5) is 24.9. The molecule has 40 heavy (non-hydrogen) atoms. The number of rotatable bonds is 14. The van der Waals surface area contributed by atoms with Crippen molar-refractivity contribution in [2.24, 2.45) is 5.92 Å². The van der Waals surface area contributed by atoms with Gasteiger partial charge in [0, 0.05) is 19.5 Å². The van der Waals surface area contributed by atoms with Crippen molar-refractivity contribution >= 4 is 15.7 Å². The lowest BCUT2D eigenvalue weighted by molar-refractivity contribution is 0.121. The molecule has 4 rings (SSSR count). The van der Waals surface area contributed by atoms with Crippen molar-refractivity contribution in [2.75, 3.05) is 38.7 Å². The van der Waals surface area contributed by atoms with Crippen LogP contribution in [0, 0.1) is 5.92 Å². The first-order valence-electron chi connectivity index (χ1n) is 13.3. The predicted molar refractivity (Wildman–Crippen MR) is 151 cm³/mol. The molecule has 0 spiro atoms. The average Bonchev–Trinajstić information content (AvgIpc) is 3.47. The molecule has 0 radical (unpaired) electrons. The molecule has 3 atom stereocenters. The van der Waals surface area contributed by atoms with Crippen LogP contribution < -0.4 is 25.6 Å². The van der Waals surface area contributed by atoms with E-state index >= 15 is 0 Å². The summed E-state index contributed by atoms with van der Waals surface area (Å²) < 4.78 is 44.7. The maximum Gasteiger partial charge on any atom is 0.272 e. The number of sulfonamides is 1. The maximum absolute atomic E-state index is 13.6. The van der Waals surface area contributed by atoms with Crippen molar-refractivity contribution in [1.29, 1.82) is 0 Å². The van der Waals surface area contributed by atoms with Gasteiger partial charge in [-0.1, -0.05) is 44.2 Å². The molecule has 3 aromatic rings. The number of ether oxygens (including phenoxy) is 3. The Morgan fingerprint density at radius 2 is 1.75 bits per heavy atom. The van der Waals surface area contributed by atoms with E-state index in [2.05, 4.69) is 5.32 Å². The summed E-state index contributed by atoms with van der Waals surface area (Å²) in [7, 11) is -2.47. The van der Waals surface area contributed by atoms with Crippen molar-refractivity contribution in [3.8, 4) is 11.5 Å². The van der Waals surface area contributed by atoms with Crippen molar-refractivity contribution < 1.29 is 27.7 Å². The number of benzene rings is 2. The Morgan fingerprint density at radius 1 is 1.05 bits per heavy atom. The van der Waals surface area contributed by atoms with E-state index in [4.69, 9.17) is 14.2 Å². The highest BCUT2D eigenvalue weighted by Gasteiger charge is 2.34. The van der Waals surface area contributed by atoms with Crippen molar-refractivity contribution in [2.45, 2.75) is 49.8 Å². The summed E-state index contributed by atoms with van der Waals surface area (Å²) in [5, 5.41) is 14.5. The van der Waals surface area contributed by atoms with Gasteiger partial charge in [-0.15, -0.1) is 0 Å². The van der Waals surface area contributed by atoms with Gasteiger partial charge in [-0.2, -0.15) is 4.31 Å². The third kappa shape index (κ3) is 6.90. The number of aliphatic hydroxyl groups is 1. The molecule has 0 saturated carbocycles. The molecule has 0 unspecified atom stereocenters. The van der Waals surface area contributed by atoms with E-state index in [1.54, 1.807) is 12.1 Å². The average molecular weight is 573 g/mol. The Balaban J connectivity index is 1.61. The number of hydrogen-bond acceptors (Lipinski definition) is 9. The largest absolute Gasteiger partial charge is 0.497 e. The number of nitrogens with one attached hydrogen (secondary N) is 1. The lowest BCUT2D eigenvalue weighted by atomic mass is 10.00. The van der Waals surface area contributed by atoms with Crippen LogP contribution in [0.4, 0.5) is 5.69 Å². The molecule has 0 amide bonds. The molecule has 10 nitrogen and oxygen atoms in total. The Morgan fingerprint density at radius 3 is 2.35 bits per heavy atom. The van der Waals surface area contributed by atoms with E-state index in [1.165, 1.54) is 23.5 Å². The van der Waals surface area contributed by atoms with E-state index < -0.39 is 33.0 Å². The first-order valence-corrected chi connectivity index (χ1v) is 14.7. The van der Waals surface area contributed by atoms with Crippen LogP contribution in [0.15, 0.2) is 69.1 Å². The fourth-order valence-electron chi connectivity index (χ4n) is 4.63. The van der Waals surface area contributed by atoms with Gasteiger partial charge < -0.3 is 24.6 Å². The smallest absolute Gasteiger partial charge is 0.272 e. The van der Waals surface area contributed by atoms with Gasteiger partial charge in [-0.25, -0.2) is 8.42 Å². The highest BCUT2D eigenvalue weighted by Crippen LogP contribution is 2.26. The normalized spacial score (nSPS) is 17.3. The fraction of sp³-hybridized carbons (Fsp3) is 0.448. The minimum Gasteiger partial charge on any atom is -0.497 e. The molecular formula is C29H36N2O8S. The molecule has 1 heterocycles. The van der Waals surface area contributed by atoms with Crippen LogP contribution in [0.25, 0.3) is 0 Å². The first-order chi connectivity index (χ1) is 19.1. The standard InChI is InChI=1S/C29H36N2O8S/c1-19(2)16-31(40(35,36)23-11-9-21(37-3)10-12-23)17-25(32)24(15-20-7-5-4-6-8-20)30-26-27(33)28(34)29(26)39-22-13-14-38-18-22/h4-12,19,22,24-25,30,32H,13-18H2,1-3H3/t22-,24-,25+/m0/s1. The molecule has 1 saturated heterocycles. The molecule has 0 bridgehead atoms. The minimum absolute atomic E-state index is 0.00898. The highest BCUT2D eigenvalue weighted by atomic mass is 32.2. The Labute approximate surface area is 234 Å². The molecule has 11 heteroatoms. The number of aliphatic hydroxyl groups excluding tert-OH is 1. The molecular weight excluding hydrogens is 536 g/mol. The van der Waals surface area contributed by atoms with Crippen LogP contribution in [0.1, 0.15) is 25.8 Å². The third-order valence-corrected chi connectivity index (χ3v) is 8.63. The summed E-state index contributed by atoms with van der Waals surface area (Å²) in [6.45, 7) is 4.54. The van der Waals surface area contributed by atoms with Crippen LogP contribution in [-0.2, 0) is 21.2 Å². The monoisotopic (exact) mass is 572 g/mol. The number of nitrogens with zero attached hydrogens (tertiary/aromatic N) is 1. The van der Waals surface area contributed by atoms with Gasteiger partial charge in [0.05, 0.1) is 37.4 Å². The molecule has 0 aromatic heterocycles. The molecule has 2 N–H and O–H groups in total. The van der Waals surface area contributed by atoms with Gasteiger partial charge in [0.2, 0.25) is 10.0 Å². The lowest BCUT2D eigenvalue weighted by Gasteiger charge is -2.31. The Kier molecular flexibility index (Phi) is 9.62. The summed E-state index contributed by atoms with van der Waals surface area (Å²) in [6, 6.07) is 14.6. The second kappa shape index (κ2) is 12.9. The van der Waals surface area contributed by atoms with Crippen LogP contribution in [0.3, 0.4) is 0 Å². The maximum atomic E-state index is 13.6. The zero-order valence-corrected chi connectivity index (χ0v) is 23.7.